The number of benzene rings is 1. The number of nitro benzene ring substituents is 1. The van der Waals surface area contributed by atoms with E-state index >= 15 is 0 Å². The van der Waals surface area contributed by atoms with Crippen molar-refractivity contribution in [2.45, 2.75) is 46.6 Å². The van der Waals surface area contributed by atoms with Gasteiger partial charge in [0.15, 0.2) is 0 Å². The van der Waals surface area contributed by atoms with E-state index in [0.717, 1.165) is 12.1 Å². The number of hydrogen-bond donors (Lipinski definition) is 2. The number of nitrogens with zero attached hydrogens (tertiary/aromatic N) is 1. The number of amides is 1. The van der Waals surface area contributed by atoms with Crippen LogP contribution in [-0.2, 0) is 0 Å². The van der Waals surface area contributed by atoms with Gasteiger partial charge in [-0.1, -0.05) is 20.8 Å². The zero-order valence-electron chi connectivity index (χ0n) is 13.1. The number of nitrogens with one attached hydrogen (secondary N) is 1. The zero-order chi connectivity index (χ0) is 16.4. The Labute approximate surface area is 124 Å². The van der Waals surface area contributed by atoms with E-state index in [1.54, 1.807) is 0 Å². The molecule has 0 heterocycles. The molecular weight excluding hydrogens is 272 g/mol. The molecule has 1 amide bonds. The molecule has 1 rings (SSSR count). The van der Waals surface area contributed by atoms with Gasteiger partial charge < -0.3 is 10.4 Å². The molecule has 0 unspecified atom stereocenters. The van der Waals surface area contributed by atoms with E-state index in [1.165, 1.54) is 6.07 Å². The quantitative estimate of drug-likeness (QED) is 0.658. The first-order chi connectivity index (χ1) is 9.41. The molecule has 2 N–H and O–H groups in total. The van der Waals surface area contributed by atoms with Gasteiger partial charge in [-0.3, -0.25) is 14.9 Å². The van der Waals surface area contributed by atoms with Crippen molar-refractivity contribution in [2.24, 2.45) is 5.41 Å². The summed E-state index contributed by atoms with van der Waals surface area (Å²) in [6, 6.07) is 3.43. The van der Waals surface area contributed by atoms with Gasteiger partial charge in [-0.25, -0.2) is 0 Å². The second-order valence-corrected chi connectivity index (χ2v) is 7.03. The van der Waals surface area contributed by atoms with Gasteiger partial charge in [0.1, 0.15) is 11.3 Å². The van der Waals surface area contributed by atoms with Crippen LogP contribution in [0.1, 0.15) is 51.4 Å². The molecule has 0 fully saturated rings. The molecule has 0 atom stereocenters. The van der Waals surface area contributed by atoms with Gasteiger partial charge in [0, 0.05) is 11.6 Å². The number of phenols is 1. The smallest absolute Gasteiger partial charge is 0.282 e. The summed E-state index contributed by atoms with van der Waals surface area (Å²) in [5, 5.41) is 23.2. The highest BCUT2D eigenvalue weighted by Gasteiger charge is 2.30. The lowest BCUT2D eigenvalue weighted by atomic mass is 9.81. The van der Waals surface area contributed by atoms with Crippen LogP contribution in [0.2, 0.25) is 0 Å². The number of aromatic hydroxyl groups is 1. The first-order valence-electron chi connectivity index (χ1n) is 6.71. The summed E-state index contributed by atoms with van der Waals surface area (Å²) >= 11 is 0. The molecule has 0 aliphatic carbocycles. The van der Waals surface area contributed by atoms with Crippen molar-refractivity contribution in [1.29, 1.82) is 0 Å². The fourth-order valence-corrected chi connectivity index (χ4v) is 2.61. The minimum absolute atomic E-state index is 0.00153. The summed E-state index contributed by atoms with van der Waals surface area (Å²) in [5.41, 5.74) is -0.977. The Morgan fingerprint density at radius 2 is 1.86 bits per heavy atom. The molecule has 21 heavy (non-hydrogen) atoms. The molecule has 1 aromatic carbocycles. The van der Waals surface area contributed by atoms with Crippen LogP contribution in [0.4, 0.5) is 5.69 Å². The predicted molar refractivity (Wildman–Crippen MR) is 80.4 cm³/mol. The van der Waals surface area contributed by atoms with Crippen molar-refractivity contribution in [1.82, 2.24) is 5.32 Å². The molecule has 1 aromatic rings. The Hall–Kier alpha value is -2.11. The molecule has 6 heteroatoms. The summed E-state index contributed by atoms with van der Waals surface area (Å²) in [6.45, 7) is 9.89. The third-order valence-electron chi connectivity index (χ3n) is 2.85. The van der Waals surface area contributed by atoms with Crippen LogP contribution in [0.25, 0.3) is 0 Å². The maximum Gasteiger partial charge on any atom is 0.282 e. The fourth-order valence-electron chi connectivity index (χ4n) is 2.61. The molecule has 0 saturated carbocycles. The summed E-state index contributed by atoms with van der Waals surface area (Å²) < 4.78 is 0. The largest absolute Gasteiger partial charge is 0.508 e. The topological polar surface area (TPSA) is 92.5 Å². The Kier molecular flexibility index (Phi) is 4.61. The van der Waals surface area contributed by atoms with Crippen molar-refractivity contribution in [3.05, 3.63) is 33.9 Å². The Morgan fingerprint density at radius 3 is 2.33 bits per heavy atom. The van der Waals surface area contributed by atoms with Gasteiger partial charge >= 0.3 is 0 Å². The van der Waals surface area contributed by atoms with E-state index in [4.69, 9.17) is 0 Å². The number of carbonyl (C=O) groups is 1. The summed E-state index contributed by atoms with van der Waals surface area (Å²) in [5.74, 6) is -0.744. The number of hydrogen-bond acceptors (Lipinski definition) is 4. The van der Waals surface area contributed by atoms with Gasteiger partial charge in [-0.2, -0.15) is 0 Å². The molecule has 116 valence electrons. The molecule has 0 spiro atoms. The SMILES string of the molecule is CC(C)(C)CC(C)(C)NC(=O)c1cc(O)ccc1[N+](=O)[O-]. The first kappa shape index (κ1) is 16.9. The minimum Gasteiger partial charge on any atom is -0.508 e. The Bertz CT molecular complexity index is 559. The van der Waals surface area contributed by atoms with E-state index in [1.807, 2.05) is 13.8 Å². The summed E-state index contributed by atoms with van der Waals surface area (Å²) in [7, 11) is 0. The third kappa shape index (κ3) is 5.06. The highest BCUT2D eigenvalue weighted by Crippen LogP contribution is 2.28. The van der Waals surface area contributed by atoms with E-state index in [-0.39, 0.29) is 22.4 Å². The first-order valence-corrected chi connectivity index (χ1v) is 6.71. The van der Waals surface area contributed by atoms with E-state index in [9.17, 15) is 20.0 Å². The molecule has 0 aromatic heterocycles. The molecule has 0 aliphatic heterocycles. The molecule has 0 saturated heterocycles. The number of nitro groups is 1. The van der Waals surface area contributed by atoms with Crippen LogP contribution in [0.15, 0.2) is 18.2 Å². The maximum absolute atomic E-state index is 12.3. The lowest BCUT2D eigenvalue weighted by Gasteiger charge is -2.33. The van der Waals surface area contributed by atoms with E-state index < -0.39 is 16.4 Å². The molecule has 0 bridgehead atoms. The highest BCUT2D eigenvalue weighted by atomic mass is 16.6. The van der Waals surface area contributed by atoms with Crippen LogP contribution in [0, 0.1) is 15.5 Å². The van der Waals surface area contributed by atoms with Gasteiger partial charge in [-0.15, -0.1) is 0 Å². The van der Waals surface area contributed by atoms with Crippen molar-refractivity contribution in [3.8, 4) is 5.75 Å². The van der Waals surface area contributed by atoms with Crippen molar-refractivity contribution in [3.63, 3.8) is 0 Å². The number of rotatable bonds is 4. The van der Waals surface area contributed by atoms with Crippen molar-refractivity contribution < 1.29 is 14.8 Å². The van der Waals surface area contributed by atoms with Gasteiger partial charge in [0.25, 0.3) is 11.6 Å². The maximum atomic E-state index is 12.3. The molecular formula is C15H22N2O4. The standard InChI is InChI=1S/C15H22N2O4/c1-14(2,3)9-15(4,5)16-13(19)11-8-10(18)6-7-12(11)17(20)21/h6-8,18H,9H2,1-5H3,(H,16,19). The summed E-state index contributed by atoms with van der Waals surface area (Å²) in [4.78, 5) is 22.6. The second-order valence-electron chi connectivity index (χ2n) is 7.03. The number of carbonyl (C=O) groups excluding carboxylic acids is 1. The predicted octanol–water partition coefficient (Wildman–Crippen LogP) is 3.25. The fraction of sp³-hybridized carbons (Fsp3) is 0.533. The third-order valence-corrected chi connectivity index (χ3v) is 2.85. The van der Waals surface area contributed by atoms with E-state index in [2.05, 4.69) is 26.1 Å². The van der Waals surface area contributed by atoms with Crippen molar-refractivity contribution in [2.75, 3.05) is 0 Å². The normalized spacial score (nSPS) is 12.0. The van der Waals surface area contributed by atoms with Gasteiger partial charge in [-0.05, 0) is 37.8 Å². The van der Waals surface area contributed by atoms with Crippen LogP contribution in [0.3, 0.4) is 0 Å². The second kappa shape index (κ2) is 5.71. The van der Waals surface area contributed by atoms with Crippen LogP contribution in [-0.4, -0.2) is 21.5 Å². The monoisotopic (exact) mass is 294 g/mol. The van der Waals surface area contributed by atoms with E-state index in [0.29, 0.717) is 6.42 Å². The molecule has 0 radical (unpaired) electrons. The minimum atomic E-state index is -0.634. The average molecular weight is 294 g/mol. The lowest BCUT2D eigenvalue weighted by Crippen LogP contribution is -2.45. The number of phenolic OH excluding ortho intramolecular Hbond substituents is 1. The van der Waals surface area contributed by atoms with Gasteiger partial charge in [0.2, 0.25) is 0 Å². The van der Waals surface area contributed by atoms with Crippen LogP contribution >= 0.6 is 0 Å². The Balaban J connectivity index is 3.04. The Morgan fingerprint density at radius 1 is 1.29 bits per heavy atom. The zero-order valence-corrected chi connectivity index (χ0v) is 13.1. The van der Waals surface area contributed by atoms with Crippen LogP contribution in [0.5, 0.6) is 5.75 Å². The van der Waals surface area contributed by atoms with Crippen molar-refractivity contribution >= 4 is 11.6 Å². The summed E-state index contributed by atoms with van der Waals surface area (Å²) in [6.07, 6.45) is 0.707. The van der Waals surface area contributed by atoms with Gasteiger partial charge in [0.05, 0.1) is 4.92 Å². The molecule has 0 aliphatic rings. The lowest BCUT2D eigenvalue weighted by molar-refractivity contribution is -0.385. The van der Waals surface area contributed by atoms with Crippen LogP contribution < -0.4 is 5.32 Å². The highest BCUT2D eigenvalue weighted by molar-refractivity contribution is 5.98. The molecule has 6 nitrogen and oxygen atoms in total. The average Bonchev–Trinajstić information content (AvgIpc) is 2.23.